The summed E-state index contributed by atoms with van der Waals surface area (Å²) >= 11 is 0. The molecule has 0 aliphatic carbocycles. The van der Waals surface area contributed by atoms with E-state index in [9.17, 15) is 0 Å². The van der Waals surface area contributed by atoms with Gasteiger partial charge in [-0.25, -0.2) is 0 Å². The van der Waals surface area contributed by atoms with Crippen molar-refractivity contribution in [3.8, 4) is 0 Å². The first kappa shape index (κ1) is 49.9. The molecule has 50 heavy (non-hydrogen) atoms. The highest BCUT2D eigenvalue weighted by molar-refractivity contribution is 4.70. The van der Waals surface area contributed by atoms with Crippen molar-refractivity contribution in [1.82, 2.24) is 5.32 Å². The summed E-state index contributed by atoms with van der Waals surface area (Å²) in [6, 6.07) is 0. The highest BCUT2D eigenvalue weighted by Crippen LogP contribution is 2.21. The van der Waals surface area contributed by atoms with Crippen LogP contribution in [0, 0.1) is 0 Å². The summed E-state index contributed by atoms with van der Waals surface area (Å²) in [5.74, 6) is 0. The number of nitrogens with one attached hydrogen (secondary N) is 1. The maximum Gasteiger partial charge on any atom is 0.0936 e. The van der Waals surface area contributed by atoms with Crippen LogP contribution < -0.4 is 5.32 Å². The number of hydrogen-bond donors (Lipinski definition) is 1. The molecule has 0 radical (unpaired) electrons. The van der Waals surface area contributed by atoms with Crippen LogP contribution in [0.2, 0.25) is 0 Å². The van der Waals surface area contributed by atoms with E-state index in [0.717, 1.165) is 19.7 Å². The third kappa shape index (κ3) is 37.6. The maximum atomic E-state index is 7.10. The van der Waals surface area contributed by atoms with Gasteiger partial charge < -0.3 is 14.8 Å². The molecule has 0 fully saturated rings. The van der Waals surface area contributed by atoms with Crippen LogP contribution in [-0.4, -0.2) is 38.0 Å². The van der Waals surface area contributed by atoms with E-state index < -0.39 is 0 Å². The molecular weight excluding hydrogens is 611 g/mol. The Hall–Kier alpha value is -0.120. The average Bonchev–Trinajstić information content (AvgIpc) is 3.12. The van der Waals surface area contributed by atoms with Gasteiger partial charge in [-0.1, -0.05) is 234 Å². The van der Waals surface area contributed by atoms with Gasteiger partial charge in [-0.3, -0.25) is 0 Å². The van der Waals surface area contributed by atoms with Gasteiger partial charge in [-0.05, 0) is 38.6 Å². The van der Waals surface area contributed by atoms with Gasteiger partial charge in [0.1, 0.15) is 0 Å². The molecule has 0 aromatic carbocycles. The van der Waals surface area contributed by atoms with Crippen molar-refractivity contribution < 1.29 is 9.47 Å². The van der Waals surface area contributed by atoms with E-state index in [4.69, 9.17) is 9.47 Å². The minimum Gasteiger partial charge on any atom is -0.375 e. The molecule has 0 saturated heterocycles. The predicted molar refractivity (Wildman–Crippen MR) is 226 cm³/mol. The van der Waals surface area contributed by atoms with E-state index in [1.165, 1.54) is 231 Å². The molecule has 302 valence electrons. The smallest absolute Gasteiger partial charge is 0.0936 e. The molecule has 3 nitrogen and oxygen atoms in total. The molecule has 0 amide bonds. The van der Waals surface area contributed by atoms with Gasteiger partial charge in [0.05, 0.1) is 24.9 Å². The van der Waals surface area contributed by atoms with E-state index in [1.54, 1.807) is 0 Å². The van der Waals surface area contributed by atoms with E-state index in [2.05, 4.69) is 39.9 Å². The first-order chi connectivity index (χ1) is 24.7. The summed E-state index contributed by atoms with van der Waals surface area (Å²) in [6.07, 6.45) is 49.8. The van der Waals surface area contributed by atoms with E-state index in [-0.39, 0.29) is 6.10 Å². The zero-order valence-corrected chi connectivity index (χ0v) is 35.6. The largest absolute Gasteiger partial charge is 0.375 e. The lowest BCUT2D eigenvalue weighted by Crippen LogP contribution is -2.37. The second-order valence-electron chi connectivity index (χ2n) is 16.2. The number of hydrogen-bond acceptors (Lipinski definition) is 3. The molecule has 1 N–H and O–H groups in total. The first-order valence-electron chi connectivity index (χ1n) is 23.7. The Labute approximate surface area is 317 Å². The molecule has 3 heteroatoms. The van der Waals surface area contributed by atoms with Gasteiger partial charge in [0, 0.05) is 6.54 Å². The van der Waals surface area contributed by atoms with Crippen molar-refractivity contribution in [1.29, 1.82) is 0 Å². The molecule has 0 aromatic heterocycles. The Balaban J connectivity index is 5.26. The molecule has 0 aliphatic heterocycles. The molecule has 0 bridgehead atoms. The van der Waals surface area contributed by atoms with Crippen LogP contribution in [0.15, 0.2) is 0 Å². The van der Waals surface area contributed by atoms with Crippen molar-refractivity contribution in [3.63, 3.8) is 0 Å². The Morgan fingerprint density at radius 3 is 0.980 bits per heavy atom. The van der Waals surface area contributed by atoms with Gasteiger partial charge in [-0.2, -0.15) is 0 Å². The van der Waals surface area contributed by atoms with E-state index in [1.807, 2.05) is 0 Å². The summed E-state index contributed by atoms with van der Waals surface area (Å²) in [7, 11) is 0. The third-order valence-electron chi connectivity index (χ3n) is 11.0. The van der Waals surface area contributed by atoms with Crippen LogP contribution in [0.25, 0.3) is 0 Å². The van der Waals surface area contributed by atoms with Crippen molar-refractivity contribution in [3.05, 3.63) is 0 Å². The van der Waals surface area contributed by atoms with E-state index in [0.29, 0.717) is 12.2 Å². The van der Waals surface area contributed by atoms with Crippen LogP contribution in [0.1, 0.15) is 266 Å². The molecule has 0 heterocycles. The van der Waals surface area contributed by atoms with Crippen LogP contribution >= 0.6 is 0 Å². The normalized spacial score (nSPS) is 13.6. The van der Waals surface area contributed by atoms with Crippen LogP contribution in [0.4, 0.5) is 0 Å². The van der Waals surface area contributed by atoms with Crippen LogP contribution in [-0.2, 0) is 9.47 Å². The Morgan fingerprint density at radius 2 is 0.620 bits per heavy atom. The summed E-state index contributed by atoms with van der Waals surface area (Å²) in [5.41, 5.74) is 0. The molecule has 0 rings (SSSR count). The summed E-state index contributed by atoms with van der Waals surface area (Å²) < 4.78 is 14.0. The van der Waals surface area contributed by atoms with Gasteiger partial charge in [0.2, 0.25) is 0 Å². The summed E-state index contributed by atoms with van der Waals surface area (Å²) in [5, 5.41) is 3.84. The lowest BCUT2D eigenvalue weighted by molar-refractivity contribution is -0.0821. The number of unbranched alkanes of at least 4 members (excludes halogenated alkanes) is 27. The third-order valence-corrected chi connectivity index (χ3v) is 11.0. The Kier molecular flexibility index (Phi) is 43.2. The zero-order valence-electron chi connectivity index (χ0n) is 35.6. The van der Waals surface area contributed by atoms with Crippen molar-refractivity contribution in [2.24, 2.45) is 0 Å². The van der Waals surface area contributed by atoms with Crippen molar-refractivity contribution in [2.45, 2.75) is 284 Å². The maximum absolute atomic E-state index is 7.10. The quantitative estimate of drug-likeness (QED) is 0.0640. The number of ether oxygens (including phenoxy) is 2. The zero-order chi connectivity index (χ0) is 36.4. The molecule has 0 saturated carbocycles. The van der Waals surface area contributed by atoms with Crippen molar-refractivity contribution in [2.75, 3.05) is 19.7 Å². The Bertz CT molecular complexity index is 598. The highest BCUT2D eigenvalue weighted by atomic mass is 16.5. The SMILES string of the molecule is CCCCCCCCCC(CCCCCCCC)OCC(CNCCCCCCCC)OC(CCCCCCCC)CCCCCCCCC. The fraction of sp³-hybridized carbons (Fsp3) is 1.00. The number of rotatable bonds is 44. The summed E-state index contributed by atoms with van der Waals surface area (Å²) in [6.45, 7) is 14.4. The standard InChI is InChI=1S/C47H97NO2/c1-6-11-16-21-26-30-34-39-45(38-33-28-23-18-13-8-3)49-44-47(43-48-42-37-32-25-20-15-10-5)50-46(40-35-29-24-19-14-9-4)41-36-31-27-22-17-12-7-2/h45-48H,6-44H2,1-5H3. The minimum atomic E-state index is 0.172. The average molecular weight is 708 g/mol. The lowest BCUT2D eigenvalue weighted by atomic mass is 10.0. The molecule has 3 unspecified atom stereocenters. The second kappa shape index (κ2) is 43.3. The fourth-order valence-electron chi connectivity index (χ4n) is 7.51. The molecule has 0 spiro atoms. The molecule has 0 aromatic rings. The highest BCUT2D eigenvalue weighted by Gasteiger charge is 2.19. The van der Waals surface area contributed by atoms with Gasteiger partial charge in [0.25, 0.3) is 0 Å². The van der Waals surface area contributed by atoms with Gasteiger partial charge in [-0.15, -0.1) is 0 Å². The van der Waals surface area contributed by atoms with Gasteiger partial charge in [0.15, 0.2) is 0 Å². The van der Waals surface area contributed by atoms with E-state index >= 15 is 0 Å². The fourth-order valence-corrected chi connectivity index (χ4v) is 7.51. The van der Waals surface area contributed by atoms with Crippen molar-refractivity contribution >= 4 is 0 Å². The lowest BCUT2D eigenvalue weighted by Gasteiger charge is -2.28. The summed E-state index contributed by atoms with van der Waals surface area (Å²) in [4.78, 5) is 0. The first-order valence-corrected chi connectivity index (χ1v) is 23.7. The molecular formula is C47H97NO2. The molecule has 3 atom stereocenters. The predicted octanol–water partition coefficient (Wildman–Crippen LogP) is 15.9. The second-order valence-corrected chi connectivity index (χ2v) is 16.2. The monoisotopic (exact) mass is 708 g/mol. The van der Waals surface area contributed by atoms with Gasteiger partial charge >= 0.3 is 0 Å². The molecule has 0 aliphatic rings. The van der Waals surface area contributed by atoms with Crippen LogP contribution in [0.3, 0.4) is 0 Å². The Morgan fingerprint density at radius 1 is 0.320 bits per heavy atom. The minimum absolute atomic E-state index is 0.172. The van der Waals surface area contributed by atoms with Crippen LogP contribution in [0.5, 0.6) is 0 Å². The topological polar surface area (TPSA) is 30.5 Å².